The number of aromatic nitrogens is 2. The van der Waals surface area contributed by atoms with Gasteiger partial charge in [0, 0.05) is 39.8 Å². The van der Waals surface area contributed by atoms with E-state index >= 15 is 0 Å². The summed E-state index contributed by atoms with van der Waals surface area (Å²) in [6.07, 6.45) is 1.78. The zero-order chi connectivity index (χ0) is 6.97. The molecule has 0 aliphatic rings. The zero-order valence-electron chi connectivity index (χ0n) is 6.20. The number of fused-ring (bicyclic) bond motifs is 1. The first-order chi connectivity index (χ1) is 4.88. The van der Waals surface area contributed by atoms with Crippen molar-refractivity contribution in [1.29, 1.82) is 0 Å². The van der Waals surface area contributed by atoms with Gasteiger partial charge in [0.1, 0.15) is 0 Å². The molecule has 2 nitrogen and oxygen atoms in total. The molecular formula is C7H6N2NaS. The molecule has 1 heterocycles. The fraction of sp³-hybridized carbons (Fsp3) is 0. The van der Waals surface area contributed by atoms with Crippen LogP contribution in [0.4, 0.5) is 0 Å². The summed E-state index contributed by atoms with van der Waals surface area (Å²) in [7, 11) is 0. The van der Waals surface area contributed by atoms with Gasteiger partial charge in [-0.25, -0.2) is 0 Å². The number of hydrogen-bond acceptors (Lipinski definition) is 2. The van der Waals surface area contributed by atoms with Crippen LogP contribution in [0.2, 0.25) is 0 Å². The fourth-order valence-electron chi connectivity index (χ4n) is 0.953. The Labute approximate surface area is 92.1 Å². The van der Waals surface area contributed by atoms with E-state index in [-0.39, 0.29) is 29.6 Å². The maximum Gasteiger partial charge on any atom is 0.0661 e. The first-order valence-corrected chi connectivity index (χ1v) is 3.44. The average Bonchev–Trinajstić information content (AvgIpc) is 2.36. The predicted octanol–water partition coefficient (Wildman–Crippen LogP) is 1.47. The van der Waals surface area contributed by atoms with Crippen LogP contribution in [0.5, 0.6) is 0 Å². The van der Waals surface area contributed by atoms with Gasteiger partial charge in [0.15, 0.2) is 0 Å². The average molecular weight is 173 g/mol. The molecule has 1 aromatic carbocycles. The molecule has 1 radical (unpaired) electrons. The van der Waals surface area contributed by atoms with Gasteiger partial charge in [0.2, 0.25) is 0 Å². The Balaban J connectivity index is 0.000000605. The summed E-state index contributed by atoms with van der Waals surface area (Å²) < 4.78 is 0. The summed E-state index contributed by atoms with van der Waals surface area (Å²) in [6, 6.07) is 5.87. The van der Waals surface area contributed by atoms with Crippen LogP contribution in [-0.2, 0) is 0 Å². The minimum absolute atomic E-state index is 0. The zero-order valence-corrected chi connectivity index (χ0v) is 9.10. The summed E-state index contributed by atoms with van der Waals surface area (Å²) >= 11 is 4.26. The van der Waals surface area contributed by atoms with Gasteiger partial charge in [0.05, 0.1) is 11.7 Å². The van der Waals surface area contributed by atoms with Crippen molar-refractivity contribution in [2.24, 2.45) is 0 Å². The molecular weight excluding hydrogens is 167 g/mol. The molecule has 0 bridgehead atoms. The number of benzene rings is 1. The number of hydrogen-bond donors (Lipinski definition) is 2. The molecule has 1 N–H and O–H groups in total. The van der Waals surface area contributed by atoms with Crippen molar-refractivity contribution in [3.05, 3.63) is 24.4 Å². The molecule has 1 aromatic heterocycles. The molecule has 0 atom stereocenters. The maximum absolute atomic E-state index is 4.26. The van der Waals surface area contributed by atoms with E-state index in [0.717, 1.165) is 15.8 Å². The van der Waals surface area contributed by atoms with E-state index in [0.29, 0.717) is 0 Å². The van der Waals surface area contributed by atoms with Crippen molar-refractivity contribution in [2.45, 2.75) is 4.90 Å². The van der Waals surface area contributed by atoms with Crippen molar-refractivity contribution in [1.82, 2.24) is 10.2 Å². The van der Waals surface area contributed by atoms with Crippen LogP contribution < -0.4 is 0 Å². The number of rotatable bonds is 0. The summed E-state index contributed by atoms with van der Waals surface area (Å²) in [4.78, 5) is 0.964. The summed E-state index contributed by atoms with van der Waals surface area (Å²) in [5.74, 6) is 0. The third-order valence-corrected chi connectivity index (χ3v) is 1.85. The van der Waals surface area contributed by atoms with E-state index in [1.807, 2.05) is 18.2 Å². The summed E-state index contributed by atoms with van der Waals surface area (Å²) in [6.45, 7) is 0. The molecule has 2 aromatic rings. The third-order valence-electron chi connectivity index (χ3n) is 1.46. The van der Waals surface area contributed by atoms with Crippen LogP contribution >= 0.6 is 12.6 Å². The van der Waals surface area contributed by atoms with E-state index in [2.05, 4.69) is 22.8 Å². The van der Waals surface area contributed by atoms with Gasteiger partial charge >= 0.3 is 0 Å². The van der Waals surface area contributed by atoms with Crippen molar-refractivity contribution < 1.29 is 0 Å². The molecule has 0 unspecified atom stereocenters. The van der Waals surface area contributed by atoms with Gasteiger partial charge in [-0.1, -0.05) is 6.07 Å². The second-order valence-corrected chi connectivity index (χ2v) is 2.59. The van der Waals surface area contributed by atoms with E-state index < -0.39 is 0 Å². The molecule has 2 rings (SSSR count). The standard InChI is InChI=1S/C7H6N2S.Na/c10-7-3-1-2-6-5(7)4-8-9-6;/h1-4,10H,(H,8,9);. The Bertz CT molecular complexity index is 358. The van der Waals surface area contributed by atoms with Gasteiger partial charge in [0.25, 0.3) is 0 Å². The molecule has 0 amide bonds. The predicted molar refractivity (Wildman–Crippen MR) is 49.1 cm³/mol. The van der Waals surface area contributed by atoms with Crippen LogP contribution in [0.1, 0.15) is 0 Å². The van der Waals surface area contributed by atoms with E-state index in [1.54, 1.807) is 6.20 Å². The maximum atomic E-state index is 4.26. The van der Waals surface area contributed by atoms with Crippen molar-refractivity contribution in [3.63, 3.8) is 0 Å². The van der Waals surface area contributed by atoms with Crippen LogP contribution in [0.25, 0.3) is 10.9 Å². The quantitative estimate of drug-likeness (QED) is 0.458. The van der Waals surface area contributed by atoms with Gasteiger partial charge in [-0.2, -0.15) is 5.10 Å². The molecule has 4 heteroatoms. The van der Waals surface area contributed by atoms with Crippen molar-refractivity contribution >= 4 is 53.1 Å². The minimum Gasteiger partial charge on any atom is -0.278 e. The Kier molecular flexibility index (Phi) is 3.01. The number of nitrogens with one attached hydrogen (secondary N) is 1. The first-order valence-electron chi connectivity index (χ1n) is 2.99. The van der Waals surface area contributed by atoms with Gasteiger partial charge in [-0.05, 0) is 12.1 Å². The number of H-pyrrole nitrogens is 1. The smallest absolute Gasteiger partial charge is 0.0661 e. The minimum atomic E-state index is 0. The normalized spacial score (nSPS) is 9.55. The molecule has 11 heavy (non-hydrogen) atoms. The molecule has 0 saturated carbocycles. The molecule has 0 saturated heterocycles. The fourth-order valence-corrected chi connectivity index (χ4v) is 1.22. The largest absolute Gasteiger partial charge is 0.278 e. The Hall–Kier alpha value is 0.0400. The van der Waals surface area contributed by atoms with Crippen molar-refractivity contribution in [3.8, 4) is 0 Å². The number of aromatic amines is 1. The monoisotopic (exact) mass is 173 g/mol. The Morgan fingerprint density at radius 3 is 2.91 bits per heavy atom. The van der Waals surface area contributed by atoms with Crippen LogP contribution in [-0.4, -0.2) is 39.8 Å². The number of nitrogens with zero attached hydrogens (tertiary/aromatic N) is 1. The number of thiol groups is 1. The molecule has 0 aliphatic heterocycles. The van der Waals surface area contributed by atoms with Crippen LogP contribution in [0, 0.1) is 0 Å². The summed E-state index contributed by atoms with van der Waals surface area (Å²) in [5, 5.41) is 7.82. The summed E-state index contributed by atoms with van der Waals surface area (Å²) in [5.41, 5.74) is 1.03. The van der Waals surface area contributed by atoms with Gasteiger partial charge in [-0.15, -0.1) is 12.6 Å². The van der Waals surface area contributed by atoms with Crippen LogP contribution in [0.3, 0.4) is 0 Å². The Morgan fingerprint density at radius 1 is 1.36 bits per heavy atom. The molecule has 0 fully saturated rings. The Morgan fingerprint density at radius 2 is 2.18 bits per heavy atom. The van der Waals surface area contributed by atoms with Crippen molar-refractivity contribution in [2.75, 3.05) is 0 Å². The van der Waals surface area contributed by atoms with E-state index in [9.17, 15) is 0 Å². The first kappa shape index (κ1) is 9.13. The van der Waals surface area contributed by atoms with Gasteiger partial charge < -0.3 is 0 Å². The second kappa shape index (κ2) is 3.63. The SMILES string of the molecule is Sc1cccc2[nH]ncc12.[Na]. The molecule has 0 aliphatic carbocycles. The van der Waals surface area contributed by atoms with E-state index in [1.165, 1.54) is 0 Å². The third kappa shape index (κ3) is 1.62. The van der Waals surface area contributed by atoms with Gasteiger partial charge in [-0.3, -0.25) is 5.10 Å². The topological polar surface area (TPSA) is 28.7 Å². The molecule has 0 spiro atoms. The second-order valence-electron chi connectivity index (χ2n) is 2.11. The van der Waals surface area contributed by atoms with Crippen LogP contribution in [0.15, 0.2) is 29.3 Å². The van der Waals surface area contributed by atoms with E-state index in [4.69, 9.17) is 0 Å². The molecule has 51 valence electrons.